The van der Waals surface area contributed by atoms with E-state index in [9.17, 15) is 9.18 Å². The average Bonchev–Trinajstić information content (AvgIpc) is 2.53. The van der Waals surface area contributed by atoms with Crippen LogP contribution in [-0.2, 0) is 11.2 Å². The van der Waals surface area contributed by atoms with Crippen molar-refractivity contribution in [2.75, 3.05) is 0 Å². The largest absolute Gasteiger partial charge is 0.350 e. The number of rotatable bonds is 6. The maximum atomic E-state index is 13.6. The fourth-order valence-corrected chi connectivity index (χ4v) is 2.45. The van der Waals surface area contributed by atoms with Crippen molar-refractivity contribution in [3.63, 3.8) is 0 Å². The predicted octanol–water partition coefficient (Wildman–Crippen LogP) is 4.63. The van der Waals surface area contributed by atoms with E-state index >= 15 is 0 Å². The standard InChI is InChI=1S/C19H19ClFNO/c1-14(10-11-15-6-3-2-4-7-15)22-19(23)13-12-16-17(20)8-5-9-18(16)21/h2-9,12-14H,10-11H2,1H3,(H,22,23)/b13-12+/t14-/m1/s1. The van der Waals surface area contributed by atoms with Gasteiger partial charge in [-0.1, -0.05) is 48.0 Å². The maximum absolute atomic E-state index is 13.6. The van der Waals surface area contributed by atoms with Gasteiger partial charge in [-0.25, -0.2) is 4.39 Å². The monoisotopic (exact) mass is 331 g/mol. The summed E-state index contributed by atoms with van der Waals surface area (Å²) in [6, 6.07) is 14.6. The molecule has 1 amide bonds. The highest BCUT2D eigenvalue weighted by atomic mass is 35.5. The Kier molecular flexibility index (Phi) is 6.36. The molecule has 2 nitrogen and oxygen atoms in total. The molecule has 0 saturated carbocycles. The number of benzene rings is 2. The van der Waals surface area contributed by atoms with E-state index in [1.54, 1.807) is 6.07 Å². The van der Waals surface area contributed by atoms with Crippen LogP contribution in [0.15, 0.2) is 54.6 Å². The first-order chi connectivity index (χ1) is 11.1. The number of nitrogens with one attached hydrogen (secondary N) is 1. The van der Waals surface area contributed by atoms with E-state index in [1.165, 1.54) is 29.8 Å². The Morgan fingerprint density at radius 2 is 1.96 bits per heavy atom. The van der Waals surface area contributed by atoms with Gasteiger partial charge in [-0.3, -0.25) is 4.79 Å². The van der Waals surface area contributed by atoms with Gasteiger partial charge >= 0.3 is 0 Å². The van der Waals surface area contributed by atoms with Crippen molar-refractivity contribution in [1.29, 1.82) is 0 Å². The minimum Gasteiger partial charge on any atom is -0.350 e. The lowest BCUT2D eigenvalue weighted by atomic mass is 10.1. The second-order valence-electron chi connectivity index (χ2n) is 5.40. The summed E-state index contributed by atoms with van der Waals surface area (Å²) in [4.78, 5) is 11.9. The first-order valence-corrected chi connectivity index (χ1v) is 7.90. The lowest BCUT2D eigenvalue weighted by Crippen LogP contribution is -2.31. The highest BCUT2D eigenvalue weighted by Crippen LogP contribution is 2.20. The van der Waals surface area contributed by atoms with E-state index in [0.29, 0.717) is 0 Å². The summed E-state index contributed by atoms with van der Waals surface area (Å²) in [6.45, 7) is 1.95. The lowest BCUT2D eigenvalue weighted by Gasteiger charge is -2.12. The number of halogens is 2. The molecule has 0 aliphatic heterocycles. The highest BCUT2D eigenvalue weighted by molar-refractivity contribution is 6.32. The number of carbonyl (C=O) groups is 1. The molecule has 0 fully saturated rings. The second kappa shape index (κ2) is 8.49. The SMILES string of the molecule is C[C@H](CCc1ccccc1)NC(=O)/C=C/c1c(F)cccc1Cl. The van der Waals surface area contributed by atoms with Crippen LogP contribution in [0.1, 0.15) is 24.5 Å². The summed E-state index contributed by atoms with van der Waals surface area (Å²) in [5.41, 5.74) is 1.46. The van der Waals surface area contributed by atoms with Crippen molar-refractivity contribution in [3.05, 3.63) is 76.6 Å². The number of carbonyl (C=O) groups excluding carboxylic acids is 1. The quantitative estimate of drug-likeness (QED) is 0.768. The normalized spacial score (nSPS) is 12.3. The molecule has 120 valence electrons. The third-order valence-corrected chi connectivity index (χ3v) is 3.83. The van der Waals surface area contributed by atoms with Gasteiger partial charge in [-0.05, 0) is 43.5 Å². The third-order valence-electron chi connectivity index (χ3n) is 3.50. The van der Waals surface area contributed by atoms with Crippen LogP contribution in [0.2, 0.25) is 5.02 Å². The first kappa shape index (κ1) is 17.2. The van der Waals surface area contributed by atoms with Crippen LogP contribution in [0.3, 0.4) is 0 Å². The zero-order valence-corrected chi connectivity index (χ0v) is 13.7. The molecule has 2 aromatic carbocycles. The van der Waals surface area contributed by atoms with Gasteiger partial charge in [0.25, 0.3) is 0 Å². The summed E-state index contributed by atoms with van der Waals surface area (Å²) >= 11 is 5.91. The fourth-order valence-electron chi connectivity index (χ4n) is 2.22. The summed E-state index contributed by atoms with van der Waals surface area (Å²) in [5.74, 6) is -0.705. The van der Waals surface area contributed by atoms with Crippen molar-refractivity contribution < 1.29 is 9.18 Å². The number of hydrogen-bond acceptors (Lipinski definition) is 1. The Balaban J connectivity index is 1.85. The first-order valence-electron chi connectivity index (χ1n) is 7.53. The Labute approximate surface area is 141 Å². The fraction of sp³-hybridized carbons (Fsp3) is 0.211. The summed E-state index contributed by atoms with van der Waals surface area (Å²) in [6.07, 6.45) is 4.44. The van der Waals surface area contributed by atoms with Crippen LogP contribution in [0, 0.1) is 5.82 Å². The summed E-state index contributed by atoms with van der Waals surface area (Å²) < 4.78 is 13.6. The molecule has 0 saturated heterocycles. The second-order valence-corrected chi connectivity index (χ2v) is 5.81. The summed E-state index contributed by atoms with van der Waals surface area (Å²) in [5, 5.41) is 3.15. The zero-order valence-electron chi connectivity index (χ0n) is 12.9. The Bertz CT molecular complexity index is 665. The third kappa shape index (κ3) is 5.53. The molecule has 1 atom stereocenters. The van der Waals surface area contributed by atoms with Crippen LogP contribution < -0.4 is 5.32 Å². The molecule has 2 aromatic rings. The van der Waals surface area contributed by atoms with E-state index in [-0.39, 0.29) is 22.5 Å². The molecular formula is C19H19ClFNO. The molecular weight excluding hydrogens is 313 g/mol. The molecule has 0 aromatic heterocycles. The Hall–Kier alpha value is -2.13. The van der Waals surface area contributed by atoms with Gasteiger partial charge in [0, 0.05) is 17.7 Å². The van der Waals surface area contributed by atoms with Crippen LogP contribution in [0.4, 0.5) is 4.39 Å². The summed E-state index contributed by atoms with van der Waals surface area (Å²) in [7, 11) is 0. The van der Waals surface area contributed by atoms with Crippen LogP contribution >= 0.6 is 11.6 Å². The minimum atomic E-state index is -0.446. The van der Waals surface area contributed by atoms with Gasteiger partial charge in [-0.15, -0.1) is 0 Å². The van der Waals surface area contributed by atoms with E-state index in [2.05, 4.69) is 17.4 Å². The lowest BCUT2D eigenvalue weighted by molar-refractivity contribution is -0.117. The van der Waals surface area contributed by atoms with Crippen molar-refractivity contribution >= 4 is 23.6 Å². The van der Waals surface area contributed by atoms with Gasteiger partial charge in [0.2, 0.25) is 5.91 Å². The smallest absolute Gasteiger partial charge is 0.244 e. The zero-order chi connectivity index (χ0) is 16.7. The molecule has 0 spiro atoms. The molecule has 0 aliphatic rings. The topological polar surface area (TPSA) is 29.1 Å². The van der Waals surface area contributed by atoms with Gasteiger partial charge in [-0.2, -0.15) is 0 Å². The van der Waals surface area contributed by atoms with Gasteiger partial charge in [0.05, 0.1) is 5.02 Å². The molecule has 0 radical (unpaired) electrons. The van der Waals surface area contributed by atoms with Crippen molar-refractivity contribution in [2.45, 2.75) is 25.8 Å². The molecule has 1 N–H and O–H groups in total. The van der Waals surface area contributed by atoms with Crippen molar-refractivity contribution in [1.82, 2.24) is 5.32 Å². The van der Waals surface area contributed by atoms with Crippen molar-refractivity contribution in [2.24, 2.45) is 0 Å². The molecule has 23 heavy (non-hydrogen) atoms. The molecule has 2 rings (SSSR count). The van der Waals surface area contributed by atoms with E-state index in [0.717, 1.165) is 12.8 Å². The van der Waals surface area contributed by atoms with Crippen LogP contribution in [0.25, 0.3) is 6.08 Å². The van der Waals surface area contributed by atoms with E-state index in [4.69, 9.17) is 11.6 Å². The number of amides is 1. The average molecular weight is 332 g/mol. The van der Waals surface area contributed by atoms with Gasteiger partial charge < -0.3 is 5.32 Å². The predicted molar refractivity (Wildman–Crippen MR) is 92.8 cm³/mol. The maximum Gasteiger partial charge on any atom is 0.244 e. The molecule has 0 aliphatic carbocycles. The van der Waals surface area contributed by atoms with E-state index < -0.39 is 5.82 Å². The van der Waals surface area contributed by atoms with Crippen LogP contribution in [0.5, 0.6) is 0 Å². The van der Waals surface area contributed by atoms with Gasteiger partial charge in [0.1, 0.15) is 5.82 Å². The van der Waals surface area contributed by atoms with Crippen LogP contribution in [-0.4, -0.2) is 11.9 Å². The molecule has 0 bridgehead atoms. The Morgan fingerprint density at radius 3 is 2.65 bits per heavy atom. The molecule has 0 unspecified atom stereocenters. The molecule has 0 heterocycles. The van der Waals surface area contributed by atoms with Crippen molar-refractivity contribution in [3.8, 4) is 0 Å². The highest BCUT2D eigenvalue weighted by Gasteiger charge is 2.07. The van der Waals surface area contributed by atoms with E-state index in [1.807, 2.05) is 25.1 Å². The number of hydrogen-bond donors (Lipinski definition) is 1. The number of aryl methyl sites for hydroxylation is 1. The molecule has 4 heteroatoms. The Morgan fingerprint density at radius 1 is 1.22 bits per heavy atom. The minimum absolute atomic E-state index is 0.0310. The van der Waals surface area contributed by atoms with Gasteiger partial charge in [0.15, 0.2) is 0 Å².